The number of nitrogens with one attached hydrogen (secondary N) is 3. The average Bonchev–Trinajstić information content (AvgIpc) is 2.70. The number of anilines is 1. The fourth-order valence-corrected chi connectivity index (χ4v) is 2.40. The summed E-state index contributed by atoms with van der Waals surface area (Å²) in [5.41, 5.74) is 4.87. The van der Waals surface area contributed by atoms with E-state index in [2.05, 4.69) is 32.6 Å². The van der Waals surface area contributed by atoms with E-state index in [1.807, 2.05) is 12.1 Å². The smallest absolute Gasteiger partial charge is 0.252 e. The molecule has 0 saturated carbocycles. The Morgan fingerprint density at radius 1 is 1.00 bits per heavy atom. The van der Waals surface area contributed by atoms with E-state index in [0.29, 0.717) is 17.9 Å². The van der Waals surface area contributed by atoms with E-state index in [9.17, 15) is 4.79 Å². The minimum absolute atomic E-state index is 0.115. The van der Waals surface area contributed by atoms with Crippen molar-refractivity contribution < 1.29 is 4.79 Å². The van der Waals surface area contributed by atoms with Crippen molar-refractivity contribution in [1.29, 1.82) is 0 Å². The number of unbranched alkanes of at least 4 members (excludes halogenated alkanes) is 3. The van der Waals surface area contributed by atoms with Crippen LogP contribution in [0.15, 0.2) is 49.4 Å². The summed E-state index contributed by atoms with van der Waals surface area (Å²) >= 11 is 0. The first-order valence-electron chi connectivity index (χ1n) is 8.75. The average molecular weight is 354 g/mol. The van der Waals surface area contributed by atoms with Crippen molar-refractivity contribution in [3.05, 3.63) is 60.6 Å². The van der Waals surface area contributed by atoms with Crippen LogP contribution in [0, 0.1) is 0 Å². The van der Waals surface area contributed by atoms with E-state index < -0.39 is 0 Å². The molecule has 0 aliphatic carbocycles. The Labute approximate surface area is 154 Å². The summed E-state index contributed by atoms with van der Waals surface area (Å²) in [7, 11) is 0. The quantitative estimate of drug-likeness (QED) is 0.280. The molecule has 0 fully saturated rings. The third-order valence-electron chi connectivity index (χ3n) is 3.91. The van der Waals surface area contributed by atoms with Crippen LogP contribution in [0.3, 0.4) is 0 Å². The molecule has 0 unspecified atom stereocenters. The SMILES string of the molecule is C=C(NCCCCCCNC(=O)c1ccc(NN)nc1)c1cccnc1. The number of aromatic nitrogens is 2. The number of hydrazine groups is 1. The first-order chi connectivity index (χ1) is 12.7. The minimum atomic E-state index is -0.115. The summed E-state index contributed by atoms with van der Waals surface area (Å²) in [6.45, 7) is 5.56. The van der Waals surface area contributed by atoms with Gasteiger partial charge in [-0.2, -0.15) is 0 Å². The van der Waals surface area contributed by atoms with Gasteiger partial charge in [0.1, 0.15) is 5.82 Å². The zero-order chi connectivity index (χ0) is 18.6. The molecule has 2 aromatic heterocycles. The minimum Gasteiger partial charge on any atom is -0.385 e. The van der Waals surface area contributed by atoms with Gasteiger partial charge in [-0.15, -0.1) is 0 Å². The highest BCUT2D eigenvalue weighted by molar-refractivity contribution is 5.93. The van der Waals surface area contributed by atoms with E-state index >= 15 is 0 Å². The van der Waals surface area contributed by atoms with Crippen molar-refractivity contribution in [3.63, 3.8) is 0 Å². The van der Waals surface area contributed by atoms with Gasteiger partial charge in [0.25, 0.3) is 5.91 Å². The fourth-order valence-electron chi connectivity index (χ4n) is 2.40. The summed E-state index contributed by atoms with van der Waals surface area (Å²) in [6.07, 6.45) is 9.23. The Kier molecular flexibility index (Phi) is 8.08. The molecule has 0 atom stereocenters. The molecule has 0 aromatic carbocycles. The monoisotopic (exact) mass is 354 g/mol. The predicted octanol–water partition coefficient (Wildman–Crippen LogP) is 2.31. The number of carbonyl (C=O) groups excluding carboxylic acids is 1. The molecule has 2 rings (SSSR count). The Morgan fingerprint density at radius 3 is 2.38 bits per heavy atom. The first-order valence-corrected chi connectivity index (χ1v) is 8.75. The second-order valence-corrected chi connectivity index (χ2v) is 5.89. The third kappa shape index (κ3) is 6.52. The number of hydrogen-bond acceptors (Lipinski definition) is 6. The molecule has 0 aliphatic rings. The van der Waals surface area contributed by atoms with Gasteiger partial charge in [0.05, 0.1) is 5.56 Å². The Bertz CT molecular complexity index is 687. The summed E-state index contributed by atoms with van der Waals surface area (Å²) < 4.78 is 0. The van der Waals surface area contributed by atoms with Crippen LogP contribution in [0.2, 0.25) is 0 Å². The molecule has 7 nitrogen and oxygen atoms in total. The summed E-state index contributed by atoms with van der Waals surface area (Å²) in [5.74, 6) is 5.66. The summed E-state index contributed by atoms with van der Waals surface area (Å²) in [5, 5.41) is 6.21. The Balaban J connectivity index is 1.51. The van der Waals surface area contributed by atoms with Gasteiger partial charge >= 0.3 is 0 Å². The lowest BCUT2D eigenvalue weighted by Crippen LogP contribution is -2.24. The van der Waals surface area contributed by atoms with Gasteiger partial charge in [-0.05, 0) is 37.1 Å². The molecular weight excluding hydrogens is 328 g/mol. The van der Waals surface area contributed by atoms with Crippen LogP contribution in [-0.4, -0.2) is 29.0 Å². The molecule has 2 aromatic rings. The first kappa shape index (κ1) is 19.4. The summed E-state index contributed by atoms with van der Waals surface area (Å²) in [4.78, 5) is 20.1. The number of nitrogen functional groups attached to an aromatic ring is 1. The highest BCUT2D eigenvalue weighted by Gasteiger charge is 2.05. The van der Waals surface area contributed by atoms with Crippen LogP contribution in [0.4, 0.5) is 5.82 Å². The number of hydrogen-bond donors (Lipinski definition) is 4. The molecule has 0 spiro atoms. The number of nitrogens with zero attached hydrogens (tertiary/aromatic N) is 2. The third-order valence-corrected chi connectivity index (χ3v) is 3.91. The van der Waals surface area contributed by atoms with Crippen LogP contribution < -0.4 is 21.9 Å². The van der Waals surface area contributed by atoms with Crippen molar-refractivity contribution in [2.24, 2.45) is 5.84 Å². The molecule has 2 heterocycles. The number of rotatable bonds is 11. The topological polar surface area (TPSA) is 105 Å². The number of carbonyl (C=O) groups is 1. The van der Waals surface area contributed by atoms with Gasteiger partial charge in [-0.25, -0.2) is 10.8 Å². The van der Waals surface area contributed by atoms with Crippen molar-refractivity contribution in [3.8, 4) is 0 Å². The number of nitrogens with two attached hydrogens (primary N) is 1. The van der Waals surface area contributed by atoms with Crippen LogP contribution in [-0.2, 0) is 0 Å². The van der Waals surface area contributed by atoms with Crippen molar-refractivity contribution in [2.45, 2.75) is 25.7 Å². The second kappa shape index (κ2) is 10.8. The van der Waals surface area contributed by atoms with Gasteiger partial charge in [0, 0.05) is 42.9 Å². The number of pyridine rings is 2. The molecule has 0 saturated heterocycles. The lowest BCUT2D eigenvalue weighted by Gasteiger charge is -2.09. The second-order valence-electron chi connectivity index (χ2n) is 5.89. The van der Waals surface area contributed by atoms with Crippen molar-refractivity contribution in [1.82, 2.24) is 20.6 Å². The Morgan fingerprint density at radius 2 is 1.77 bits per heavy atom. The van der Waals surface area contributed by atoms with Crippen LogP contribution in [0.1, 0.15) is 41.6 Å². The van der Waals surface area contributed by atoms with E-state index in [1.165, 1.54) is 6.20 Å². The molecular formula is C19H26N6O. The van der Waals surface area contributed by atoms with Crippen molar-refractivity contribution >= 4 is 17.4 Å². The van der Waals surface area contributed by atoms with E-state index in [4.69, 9.17) is 5.84 Å². The van der Waals surface area contributed by atoms with Gasteiger partial charge in [0.2, 0.25) is 0 Å². The molecule has 0 radical (unpaired) electrons. The molecule has 138 valence electrons. The van der Waals surface area contributed by atoms with Gasteiger partial charge in [-0.3, -0.25) is 9.78 Å². The molecule has 0 aliphatic heterocycles. The lowest BCUT2D eigenvalue weighted by molar-refractivity contribution is 0.0952. The highest BCUT2D eigenvalue weighted by atomic mass is 16.1. The number of amides is 1. The van der Waals surface area contributed by atoms with Crippen molar-refractivity contribution in [2.75, 3.05) is 18.5 Å². The highest BCUT2D eigenvalue weighted by Crippen LogP contribution is 2.07. The lowest BCUT2D eigenvalue weighted by atomic mass is 10.1. The maximum atomic E-state index is 12.0. The predicted molar refractivity (Wildman–Crippen MR) is 104 cm³/mol. The van der Waals surface area contributed by atoms with Gasteiger partial charge in [-0.1, -0.05) is 19.4 Å². The van der Waals surface area contributed by atoms with Gasteiger partial charge < -0.3 is 16.1 Å². The maximum absolute atomic E-state index is 12.0. The maximum Gasteiger partial charge on any atom is 0.252 e. The molecule has 26 heavy (non-hydrogen) atoms. The molecule has 1 amide bonds. The van der Waals surface area contributed by atoms with Gasteiger partial charge in [0.15, 0.2) is 0 Å². The van der Waals surface area contributed by atoms with Crippen LogP contribution >= 0.6 is 0 Å². The largest absolute Gasteiger partial charge is 0.385 e. The normalized spacial score (nSPS) is 10.2. The zero-order valence-electron chi connectivity index (χ0n) is 14.9. The Hall–Kier alpha value is -2.93. The molecule has 5 N–H and O–H groups in total. The summed E-state index contributed by atoms with van der Waals surface area (Å²) in [6, 6.07) is 7.25. The van der Waals surface area contributed by atoms with E-state index in [1.54, 1.807) is 24.5 Å². The molecule has 7 heteroatoms. The van der Waals surface area contributed by atoms with Crippen LogP contribution in [0.5, 0.6) is 0 Å². The van der Waals surface area contributed by atoms with E-state index in [-0.39, 0.29) is 5.91 Å². The standard InChI is InChI=1S/C19H26N6O/c1-15(16-7-6-10-21-13-16)22-11-4-2-3-5-12-23-19(26)17-8-9-18(25-20)24-14-17/h6-10,13-14,22H,1-5,11-12,20H2,(H,23,26)(H,24,25). The van der Waals surface area contributed by atoms with E-state index in [0.717, 1.165) is 43.5 Å². The van der Waals surface area contributed by atoms with Crippen LogP contribution in [0.25, 0.3) is 5.70 Å². The fraction of sp³-hybridized carbons (Fsp3) is 0.316. The zero-order valence-corrected chi connectivity index (χ0v) is 14.9. The molecule has 0 bridgehead atoms.